The predicted molar refractivity (Wildman–Crippen MR) is 31.4 cm³/mol. The molecule has 4 nitrogen and oxygen atoms in total. The first-order valence-corrected chi connectivity index (χ1v) is 3.13. The molecule has 0 amide bonds. The van der Waals surface area contributed by atoms with Gasteiger partial charge in [-0.05, 0) is 0 Å². The number of aliphatic hydroxyl groups excluding tert-OH is 2. The number of rotatable bonds is 0. The minimum Gasteiger partial charge on any atom is -0.506 e. The number of ether oxygens (including phenoxy) is 2. The molecule has 4 heteroatoms. The average molecular weight is 144 g/mol. The van der Waals surface area contributed by atoms with Crippen LogP contribution in [0.25, 0.3) is 0 Å². The van der Waals surface area contributed by atoms with Gasteiger partial charge in [-0.3, -0.25) is 0 Å². The monoisotopic (exact) mass is 144 g/mol. The van der Waals surface area contributed by atoms with E-state index in [2.05, 4.69) is 0 Å². The number of fused-ring (bicyclic) bond motifs is 1. The number of hydrogen-bond acceptors (Lipinski definition) is 4. The van der Waals surface area contributed by atoms with Gasteiger partial charge in [0, 0.05) is 0 Å². The Bertz CT molecular complexity index is 186. The topological polar surface area (TPSA) is 58.9 Å². The van der Waals surface area contributed by atoms with Crippen LogP contribution in [-0.4, -0.2) is 35.6 Å². The van der Waals surface area contributed by atoms with E-state index >= 15 is 0 Å². The lowest BCUT2D eigenvalue weighted by molar-refractivity contribution is 0.0193. The molecule has 1 fully saturated rings. The maximum absolute atomic E-state index is 9.12. The highest BCUT2D eigenvalue weighted by atomic mass is 16.6. The van der Waals surface area contributed by atoms with Crippen molar-refractivity contribution in [3.8, 4) is 0 Å². The Hall–Kier alpha value is -0.740. The lowest BCUT2D eigenvalue weighted by Gasteiger charge is -2.04. The molecule has 2 atom stereocenters. The van der Waals surface area contributed by atoms with E-state index in [1.165, 1.54) is 0 Å². The number of hydrogen-bond donors (Lipinski definition) is 2. The van der Waals surface area contributed by atoms with Crippen LogP contribution in [0, 0.1) is 0 Å². The summed E-state index contributed by atoms with van der Waals surface area (Å²) in [5.74, 6) is 0.522. The molecule has 0 aromatic carbocycles. The van der Waals surface area contributed by atoms with Crippen LogP contribution >= 0.6 is 0 Å². The third-order valence-electron chi connectivity index (χ3n) is 1.70. The van der Waals surface area contributed by atoms with E-state index in [0.717, 1.165) is 0 Å². The van der Waals surface area contributed by atoms with Crippen LogP contribution in [-0.2, 0) is 9.47 Å². The van der Waals surface area contributed by atoms with E-state index in [9.17, 15) is 0 Å². The smallest absolute Gasteiger partial charge is 0.167 e. The standard InChI is InChI=1S/C6H8O4/c7-3-1-9-6-4(8)2-10-5(3)6/h3,5,7-8H,1-2H2/t3-,5?/m1/s1. The average Bonchev–Trinajstić information content (AvgIpc) is 2.41. The second-order valence-electron chi connectivity index (χ2n) is 2.42. The van der Waals surface area contributed by atoms with Crippen molar-refractivity contribution in [1.82, 2.24) is 0 Å². The molecule has 0 bridgehead atoms. The first-order valence-electron chi connectivity index (χ1n) is 3.13. The molecule has 0 aromatic heterocycles. The maximum Gasteiger partial charge on any atom is 0.167 e. The van der Waals surface area contributed by atoms with E-state index in [4.69, 9.17) is 19.7 Å². The summed E-state index contributed by atoms with van der Waals surface area (Å²) in [6, 6.07) is 0. The zero-order valence-corrected chi connectivity index (χ0v) is 5.28. The second-order valence-corrected chi connectivity index (χ2v) is 2.42. The molecule has 56 valence electrons. The molecule has 0 spiro atoms. The summed E-state index contributed by atoms with van der Waals surface area (Å²) in [6.45, 7) is 0.390. The van der Waals surface area contributed by atoms with Gasteiger partial charge in [-0.15, -0.1) is 0 Å². The van der Waals surface area contributed by atoms with Gasteiger partial charge in [-0.1, -0.05) is 0 Å². The summed E-state index contributed by atoms with van der Waals surface area (Å²) in [5, 5.41) is 18.2. The van der Waals surface area contributed by atoms with Gasteiger partial charge in [0.15, 0.2) is 11.5 Å². The Morgan fingerprint density at radius 1 is 1.50 bits per heavy atom. The van der Waals surface area contributed by atoms with Crippen LogP contribution in [0.5, 0.6) is 0 Å². The van der Waals surface area contributed by atoms with Crippen LogP contribution < -0.4 is 0 Å². The highest BCUT2D eigenvalue weighted by Gasteiger charge is 2.39. The first kappa shape index (κ1) is 6.00. The highest BCUT2D eigenvalue weighted by molar-refractivity contribution is 5.16. The van der Waals surface area contributed by atoms with Crippen LogP contribution in [0.2, 0.25) is 0 Å². The van der Waals surface area contributed by atoms with E-state index in [-0.39, 0.29) is 19.0 Å². The van der Waals surface area contributed by atoms with Crippen molar-refractivity contribution < 1.29 is 19.7 Å². The van der Waals surface area contributed by atoms with Crippen molar-refractivity contribution in [2.24, 2.45) is 0 Å². The van der Waals surface area contributed by atoms with Crippen LogP contribution in [0.15, 0.2) is 11.5 Å². The van der Waals surface area contributed by atoms with Gasteiger partial charge in [0.25, 0.3) is 0 Å². The summed E-state index contributed by atoms with van der Waals surface area (Å²) >= 11 is 0. The zero-order valence-electron chi connectivity index (χ0n) is 5.28. The van der Waals surface area contributed by atoms with Gasteiger partial charge in [-0.2, -0.15) is 0 Å². The molecular formula is C6H8O4. The van der Waals surface area contributed by atoms with Crippen LogP contribution in [0.4, 0.5) is 0 Å². The molecule has 2 rings (SSSR count). The van der Waals surface area contributed by atoms with E-state index in [1.54, 1.807) is 0 Å². The lowest BCUT2D eigenvalue weighted by atomic mass is 10.2. The quantitative estimate of drug-likeness (QED) is 0.483. The van der Waals surface area contributed by atoms with Crippen LogP contribution in [0.1, 0.15) is 0 Å². The summed E-state index contributed by atoms with van der Waals surface area (Å²) in [6.07, 6.45) is -1.03. The van der Waals surface area contributed by atoms with E-state index in [0.29, 0.717) is 5.76 Å². The molecule has 10 heavy (non-hydrogen) atoms. The largest absolute Gasteiger partial charge is 0.506 e. The number of aliphatic hydroxyl groups is 2. The van der Waals surface area contributed by atoms with Crippen molar-refractivity contribution in [1.29, 1.82) is 0 Å². The Kier molecular flexibility index (Phi) is 1.12. The van der Waals surface area contributed by atoms with Gasteiger partial charge in [0.1, 0.15) is 25.4 Å². The predicted octanol–water partition coefficient (Wildman–Crippen LogP) is -0.454. The fourth-order valence-electron chi connectivity index (χ4n) is 1.19. The fraction of sp³-hybridized carbons (Fsp3) is 0.667. The van der Waals surface area contributed by atoms with Crippen molar-refractivity contribution in [2.75, 3.05) is 13.2 Å². The third-order valence-corrected chi connectivity index (χ3v) is 1.70. The van der Waals surface area contributed by atoms with Crippen molar-refractivity contribution in [3.63, 3.8) is 0 Å². The van der Waals surface area contributed by atoms with Gasteiger partial charge < -0.3 is 19.7 Å². The Balaban J connectivity index is 2.27. The normalized spacial score (nSPS) is 38.1. The minimum absolute atomic E-state index is 0.113. The molecule has 1 saturated heterocycles. The maximum atomic E-state index is 9.12. The van der Waals surface area contributed by atoms with Crippen molar-refractivity contribution in [3.05, 3.63) is 11.5 Å². The summed E-state index contributed by atoms with van der Waals surface area (Å²) in [5.41, 5.74) is 0. The Morgan fingerprint density at radius 3 is 3.00 bits per heavy atom. The molecular weight excluding hydrogens is 136 g/mol. The van der Waals surface area contributed by atoms with Crippen LogP contribution in [0.3, 0.4) is 0 Å². The van der Waals surface area contributed by atoms with Gasteiger partial charge >= 0.3 is 0 Å². The molecule has 0 radical (unpaired) electrons. The summed E-state index contributed by atoms with van der Waals surface area (Å²) in [7, 11) is 0. The minimum atomic E-state index is -0.611. The SMILES string of the molecule is OC1=C2OC[C@@H](O)C2OC1. The summed E-state index contributed by atoms with van der Waals surface area (Å²) in [4.78, 5) is 0. The molecule has 2 heterocycles. The Morgan fingerprint density at radius 2 is 2.30 bits per heavy atom. The molecule has 0 aliphatic carbocycles. The van der Waals surface area contributed by atoms with E-state index < -0.39 is 12.2 Å². The molecule has 2 aliphatic heterocycles. The Labute approximate surface area is 57.7 Å². The molecule has 0 aromatic rings. The first-order chi connectivity index (χ1) is 4.79. The molecule has 0 saturated carbocycles. The molecule has 1 unspecified atom stereocenters. The van der Waals surface area contributed by atoms with Gasteiger partial charge in [-0.25, -0.2) is 0 Å². The summed E-state index contributed by atoms with van der Waals surface area (Å²) < 4.78 is 9.96. The zero-order chi connectivity index (χ0) is 7.14. The molecule has 2 N–H and O–H groups in total. The highest BCUT2D eigenvalue weighted by Crippen LogP contribution is 2.28. The van der Waals surface area contributed by atoms with Gasteiger partial charge in [0.2, 0.25) is 0 Å². The van der Waals surface area contributed by atoms with Crippen molar-refractivity contribution >= 4 is 0 Å². The van der Waals surface area contributed by atoms with Crippen molar-refractivity contribution in [2.45, 2.75) is 12.2 Å². The van der Waals surface area contributed by atoms with Gasteiger partial charge in [0.05, 0.1) is 0 Å². The van der Waals surface area contributed by atoms with E-state index in [1.807, 2.05) is 0 Å². The molecule has 2 aliphatic rings. The second kappa shape index (κ2) is 1.87. The third kappa shape index (κ3) is 0.629. The fourth-order valence-corrected chi connectivity index (χ4v) is 1.19. The lowest BCUT2D eigenvalue weighted by Crippen LogP contribution is -2.22.